The van der Waals surface area contributed by atoms with Gasteiger partial charge in [-0.2, -0.15) is 0 Å². The van der Waals surface area contributed by atoms with Gasteiger partial charge in [-0.15, -0.1) is 0 Å². The van der Waals surface area contributed by atoms with Gasteiger partial charge in [-0.3, -0.25) is 4.98 Å². The first-order chi connectivity index (χ1) is 13.1. The summed E-state index contributed by atoms with van der Waals surface area (Å²) in [5.74, 6) is -0.246. The minimum Gasteiger partial charge on any atom is -0.506 e. The van der Waals surface area contributed by atoms with Gasteiger partial charge in [-0.1, -0.05) is 38.0 Å². The Kier molecular flexibility index (Phi) is 8.99. The second kappa shape index (κ2) is 11.5. The number of pyridine rings is 1. The van der Waals surface area contributed by atoms with Crippen molar-refractivity contribution in [1.29, 1.82) is 0 Å². The summed E-state index contributed by atoms with van der Waals surface area (Å²) < 4.78 is 20.1. The molecule has 0 aliphatic rings. The summed E-state index contributed by atoms with van der Waals surface area (Å²) in [6, 6.07) is 8.22. The molecule has 1 N–H and O–H groups in total. The Morgan fingerprint density at radius 1 is 1.19 bits per heavy atom. The highest BCUT2D eigenvalue weighted by Gasteiger charge is 2.07. The van der Waals surface area contributed by atoms with Crippen LogP contribution in [0.15, 0.2) is 42.6 Å². The zero-order valence-corrected chi connectivity index (χ0v) is 16.3. The summed E-state index contributed by atoms with van der Waals surface area (Å²) >= 11 is 0. The SMILES string of the molecule is CCCCCOC(C)CCC/C=C/c1ccc(-c2ccc(O)cn2)c(F)c1. The second-order valence-corrected chi connectivity index (χ2v) is 6.86. The van der Waals surface area contributed by atoms with E-state index in [0.717, 1.165) is 37.9 Å². The van der Waals surface area contributed by atoms with Crippen LogP contribution in [-0.2, 0) is 4.74 Å². The number of aromatic hydroxyl groups is 1. The van der Waals surface area contributed by atoms with E-state index < -0.39 is 0 Å². The predicted molar refractivity (Wildman–Crippen MR) is 109 cm³/mol. The molecule has 2 aromatic rings. The standard InChI is InChI=1S/C23H30FNO2/c1-3-4-8-15-27-18(2)9-6-5-7-10-19-11-13-21(22(24)16-19)23-14-12-20(26)17-25-23/h7,10-14,16-18,26H,3-6,8-9,15H2,1-2H3/b10-7+. The van der Waals surface area contributed by atoms with Crippen molar-refractivity contribution in [2.45, 2.75) is 58.5 Å². The molecule has 0 fully saturated rings. The molecule has 0 bridgehead atoms. The number of nitrogens with zero attached hydrogens (tertiary/aromatic N) is 1. The van der Waals surface area contributed by atoms with Crippen molar-refractivity contribution in [3.05, 3.63) is 54.0 Å². The fraction of sp³-hybridized carbons (Fsp3) is 0.435. The maximum Gasteiger partial charge on any atom is 0.133 e. The van der Waals surface area contributed by atoms with Gasteiger partial charge in [0.15, 0.2) is 0 Å². The summed E-state index contributed by atoms with van der Waals surface area (Å²) in [5, 5.41) is 9.28. The fourth-order valence-corrected chi connectivity index (χ4v) is 2.85. The Morgan fingerprint density at radius 2 is 2.04 bits per heavy atom. The average Bonchev–Trinajstić information content (AvgIpc) is 2.66. The quantitative estimate of drug-likeness (QED) is 0.467. The van der Waals surface area contributed by atoms with E-state index in [0.29, 0.717) is 17.4 Å². The number of benzene rings is 1. The lowest BCUT2D eigenvalue weighted by Gasteiger charge is -2.12. The number of aromatic nitrogens is 1. The first-order valence-electron chi connectivity index (χ1n) is 9.83. The molecule has 1 unspecified atom stereocenters. The third-order valence-electron chi connectivity index (χ3n) is 4.46. The van der Waals surface area contributed by atoms with Crippen LogP contribution < -0.4 is 0 Å². The molecule has 1 heterocycles. The Bertz CT molecular complexity index is 713. The predicted octanol–water partition coefficient (Wildman–Crippen LogP) is 6.37. The van der Waals surface area contributed by atoms with Crippen LogP contribution in [0, 0.1) is 5.82 Å². The summed E-state index contributed by atoms with van der Waals surface area (Å²) in [7, 11) is 0. The van der Waals surface area contributed by atoms with Crippen molar-refractivity contribution in [3.63, 3.8) is 0 Å². The van der Waals surface area contributed by atoms with Gasteiger partial charge in [0.25, 0.3) is 0 Å². The van der Waals surface area contributed by atoms with Gasteiger partial charge in [0.1, 0.15) is 11.6 Å². The molecule has 0 spiro atoms. The number of rotatable bonds is 11. The molecule has 0 aliphatic heterocycles. The highest BCUT2D eigenvalue weighted by molar-refractivity contribution is 5.63. The van der Waals surface area contributed by atoms with Crippen molar-refractivity contribution in [2.24, 2.45) is 0 Å². The van der Waals surface area contributed by atoms with Gasteiger partial charge >= 0.3 is 0 Å². The van der Waals surface area contributed by atoms with Crippen LogP contribution in [-0.4, -0.2) is 22.8 Å². The zero-order chi connectivity index (χ0) is 19.5. The van der Waals surface area contributed by atoms with Crippen molar-refractivity contribution in [2.75, 3.05) is 6.61 Å². The molecule has 4 heteroatoms. The van der Waals surface area contributed by atoms with Crippen molar-refractivity contribution >= 4 is 6.08 Å². The zero-order valence-electron chi connectivity index (χ0n) is 16.3. The first-order valence-corrected chi connectivity index (χ1v) is 9.83. The lowest BCUT2D eigenvalue weighted by Crippen LogP contribution is -2.08. The number of halogens is 1. The largest absolute Gasteiger partial charge is 0.506 e. The summed E-state index contributed by atoms with van der Waals surface area (Å²) in [6.45, 7) is 5.17. The first kappa shape index (κ1) is 21.1. The maximum absolute atomic E-state index is 14.3. The number of hydrogen-bond acceptors (Lipinski definition) is 3. The monoisotopic (exact) mass is 371 g/mol. The molecule has 1 aromatic carbocycles. The molecular weight excluding hydrogens is 341 g/mol. The molecular formula is C23H30FNO2. The van der Waals surface area contributed by atoms with Crippen LogP contribution in [0.3, 0.4) is 0 Å². The Labute approximate surface area is 161 Å². The Morgan fingerprint density at radius 3 is 2.74 bits per heavy atom. The van der Waals surface area contributed by atoms with Gasteiger partial charge in [-0.05, 0) is 62.4 Å². The van der Waals surface area contributed by atoms with Crippen LogP contribution in [0.1, 0.15) is 57.9 Å². The van der Waals surface area contributed by atoms with E-state index in [2.05, 4.69) is 24.9 Å². The van der Waals surface area contributed by atoms with Gasteiger partial charge in [-0.25, -0.2) is 4.39 Å². The van der Waals surface area contributed by atoms with E-state index in [1.165, 1.54) is 31.2 Å². The van der Waals surface area contributed by atoms with E-state index in [-0.39, 0.29) is 11.6 Å². The highest BCUT2D eigenvalue weighted by atomic mass is 19.1. The van der Waals surface area contributed by atoms with Gasteiger partial charge in [0, 0.05) is 12.2 Å². The van der Waals surface area contributed by atoms with E-state index >= 15 is 0 Å². The summed E-state index contributed by atoms with van der Waals surface area (Å²) in [6.07, 6.45) is 12.3. The lowest BCUT2D eigenvalue weighted by atomic mass is 10.1. The van der Waals surface area contributed by atoms with Crippen LogP contribution in [0.4, 0.5) is 4.39 Å². The molecule has 2 rings (SSSR count). The minimum absolute atomic E-state index is 0.0689. The third kappa shape index (κ3) is 7.51. The van der Waals surface area contributed by atoms with Crippen LogP contribution in [0.25, 0.3) is 17.3 Å². The fourth-order valence-electron chi connectivity index (χ4n) is 2.85. The molecule has 3 nitrogen and oxygen atoms in total. The van der Waals surface area contributed by atoms with Gasteiger partial charge < -0.3 is 9.84 Å². The number of allylic oxidation sites excluding steroid dienone is 1. The Balaban J connectivity index is 1.77. The molecule has 1 aromatic heterocycles. The molecule has 0 aliphatic carbocycles. The molecule has 0 saturated heterocycles. The van der Waals surface area contributed by atoms with Crippen molar-refractivity contribution < 1.29 is 14.2 Å². The van der Waals surface area contributed by atoms with E-state index in [4.69, 9.17) is 4.74 Å². The lowest BCUT2D eigenvalue weighted by molar-refractivity contribution is 0.0566. The maximum atomic E-state index is 14.3. The normalized spacial score (nSPS) is 12.6. The van der Waals surface area contributed by atoms with E-state index in [1.807, 2.05) is 12.1 Å². The number of unbranched alkanes of at least 4 members (excludes halogenated alkanes) is 3. The van der Waals surface area contributed by atoms with E-state index in [1.54, 1.807) is 12.1 Å². The molecule has 27 heavy (non-hydrogen) atoms. The van der Waals surface area contributed by atoms with Crippen LogP contribution in [0.5, 0.6) is 5.75 Å². The smallest absolute Gasteiger partial charge is 0.133 e. The molecule has 1 atom stereocenters. The second-order valence-electron chi connectivity index (χ2n) is 6.86. The molecule has 0 amide bonds. The minimum atomic E-state index is -0.315. The van der Waals surface area contributed by atoms with Crippen molar-refractivity contribution in [1.82, 2.24) is 4.98 Å². The highest BCUT2D eigenvalue weighted by Crippen LogP contribution is 2.23. The summed E-state index contributed by atoms with van der Waals surface area (Å²) in [4.78, 5) is 4.05. The van der Waals surface area contributed by atoms with Crippen LogP contribution >= 0.6 is 0 Å². The number of hydrogen-bond donors (Lipinski definition) is 1. The van der Waals surface area contributed by atoms with Crippen LogP contribution in [0.2, 0.25) is 0 Å². The summed E-state index contributed by atoms with van der Waals surface area (Å²) in [5.41, 5.74) is 1.77. The third-order valence-corrected chi connectivity index (χ3v) is 4.46. The topological polar surface area (TPSA) is 42.4 Å². The van der Waals surface area contributed by atoms with E-state index in [9.17, 15) is 9.50 Å². The average molecular weight is 371 g/mol. The van der Waals surface area contributed by atoms with Gasteiger partial charge in [0.2, 0.25) is 0 Å². The van der Waals surface area contributed by atoms with Gasteiger partial charge in [0.05, 0.1) is 18.0 Å². The molecule has 146 valence electrons. The van der Waals surface area contributed by atoms with Crippen molar-refractivity contribution in [3.8, 4) is 17.0 Å². The molecule has 0 radical (unpaired) electrons. The molecule has 0 saturated carbocycles. The number of ether oxygens (including phenoxy) is 1. The Hall–Kier alpha value is -2.20.